The fourth-order valence-electron chi connectivity index (χ4n) is 3.11. The number of furan rings is 1. The maximum atomic E-state index is 12.9. The maximum Gasteiger partial charge on any atom is 0.255 e. The van der Waals surface area contributed by atoms with E-state index in [1.165, 1.54) is 0 Å². The molecule has 0 aliphatic carbocycles. The fraction of sp³-hybridized carbons (Fsp3) is 0.333. The van der Waals surface area contributed by atoms with Crippen LogP contribution in [0.4, 0.5) is 0 Å². The van der Waals surface area contributed by atoms with E-state index in [0.29, 0.717) is 18.5 Å². The topological polar surface area (TPSA) is 69.3 Å². The number of methoxy groups -OCH3 is 1. The van der Waals surface area contributed by atoms with E-state index in [-0.39, 0.29) is 5.91 Å². The highest BCUT2D eigenvalue weighted by Crippen LogP contribution is 2.23. The van der Waals surface area contributed by atoms with Crippen LogP contribution >= 0.6 is 0 Å². The van der Waals surface area contributed by atoms with Gasteiger partial charge in [-0.05, 0) is 49.2 Å². The van der Waals surface area contributed by atoms with E-state index in [1.807, 2.05) is 48.0 Å². The second kappa shape index (κ2) is 8.58. The van der Waals surface area contributed by atoms with Crippen LogP contribution < -0.4 is 10.1 Å². The Kier molecular flexibility index (Phi) is 5.96. The van der Waals surface area contributed by atoms with Crippen LogP contribution in [0.25, 0.3) is 5.69 Å². The maximum absolute atomic E-state index is 12.9. The number of aromatic nitrogens is 2. The first kappa shape index (κ1) is 18.8. The Bertz CT molecular complexity index is 880. The summed E-state index contributed by atoms with van der Waals surface area (Å²) in [5, 5.41) is 7.71. The number of nitrogens with one attached hydrogen (secondary N) is 1. The summed E-state index contributed by atoms with van der Waals surface area (Å²) in [5.41, 5.74) is 3.31. The minimum atomic E-state index is -0.119. The molecule has 0 aliphatic rings. The first-order valence-electron chi connectivity index (χ1n) is 9.23. The Balaban J connectivity index is 1.95. The van der Waals surface area contributed by atoms with Gasteiger partial charge in [0.2, 0.25) is 0 Å². The molecule has 2 aromatic heterocycles. The van der Waals surface area contributed by atoms with E-state index in [0.717, 1.165) is 41.4 Å². The van der Waals surface area contributed by atoms with Crippen LogP contribution in [-0.4, -0.2) is 22.8 Å². The van der Waals surface area contributed by atoms with Crippen LogP contribution in [0.15, 0.2) is 47.1 Å². The number of hydrogen-bond donors (Lipinski definition) is 1. The summed E-state index contributed by atoms with van der Waals surface area (Å²) in [6.07, 6.45) is 3.97. The number of amides is 1. The summed E-state index contributed by atoms with van der Waals surface area (Å²) in [6, 6.07) is 11.3. The molecule has 1 N–H and O–H groups in total. The van der Waals surface area contributed by atoms with E-state index in [9.17, 15) is 4.79 Å². The van der Waals surface area contributed by atoms with Crippen molar-refractivity contribution < 1.29 is 13.9 Å². The Morgan fingerprint density at radius 1 is 1.22 bits per heavy atom. The fourth-order valence-corrected chi connectivity index (χ4v) is 3.11. The predicted octanol–water partition coefficient (Wildman–Crippen LogP) is 3.92. The van der Waals surface area contributed by atoms with E-state index in [4.69, 9.17) is 14.3 Å². The summed E-state index contributed by atoms with van der Waals surface area (Å²) >= 11 is 0. The molecule has 27 heavy (non-hydrogen) atoms. The summed E-state index contributed by atoms with van der Waals surface area (Å²) in [4.78, 5) is 12.9. The highest BCUT2D eigenvalue weighted by molar-refractivity contribution is 5.96. The number of carbonyl (C=O) groups excluding carboxylic acids is 1. The SMILES string of the molecule is CCCc1nn(-c2ccc(OC)cc2)c(CC)c1C(=O)NCc1ccco1. The molecule has 0 saturated heterocycles. The Hall–Kier alpha value is -3.02. The van der Waals surface area contributed by atoms with Crippen molar-refractivity contribution in [1.29, 1.82) is 0 Å². The van der Waals surface area contributed by atoms with Crippen LogP contribution in [0, 0.1) is 0 Å². The Labute approximate surface area is 159 Å². The number of ether oxygens (including phenoxy) is 1. The van der Waals surface area contributed by atoms with Crippen LogP contribution in [0.2, 0.25) is 0 Å². The van der Waals surface area contributed by atoms with Crippen molar-refractivity contribution >= 4 is 5.91 Å². The van der Waals surface area contributed by atoms with E-state index in [1.54, 1.807) is 13.4 Å². The smallest absolute Gasteiger partial charge is 0.255 e. The van der Waals surface area contributed by atoms with Gasteiger partial charge in [0.1, 0.15) is 11.5 Å². The third-order valence-electron chi connectivity index (χ3n) is 4.42. The lowest BCUT2D eigenvalue weighted by Gasteiger charge is -2.09. The van der Waals surface area contributed by atoms with Crippen LogP contribution in [-0.2, 0) is 19.4 Å². The lowest BCUT2D eigenvalue weighted by atomic mass is 10.1. The van der Waals surface area contributed by atoms with Gasteiger partial charge in [0, 0.05) is 0 Å². The first-order chi connectivity index (χ1) is 13.2. The minimum absolute atomic E-state index is 0.119. The zero-order valence-electron chi connectivity index (χ0n) is 16.0. The van der Waals surface area contributed by atoms with Gasteiger partial charge in [-0.3, -0.25) is 4.79 Å². The molecule has 0 fully saturated rings. The van der Waals surface area contributed by atoms with Crippen molar-refractivity contribution in [3.05, 3.63) is 65.4 Å². The number of carbonyl (C=O) groups is 1. The molecule has 0 unspecified atom stereocenters. The molecule has 6 nitrogen and oxygen atoms in total. The van der Waals surface area contributed by atoms with Gasteiger partial charge in [0.05, 0.1) is 42.6 Å². The highest BCUT2D eigenvalue weighted by Gasteiger charge is 2.23. The molecule has 142 valence electrons. The summed E-state index contributed by atoms with van der Waals surface area (Å²) in [6.45, 7) is 4.48. The average molecular weight is 367 g/mol. The summed E-state index contributed by atoms with van der Waals surface area (Å²) < 4.78 is 12.4. The van der Waals surface area contributed by atoms with Crippen molar-refractivity contribution in [1.82, 2.24) is 15.1 Å². The van der Waals surface area contributed by atoms with Gasteiger partial charge in [-0.25, -0.2) is 4.68 Å². The average Bonchev–Trinajstić information content (AvgIpc) is 3.34. The zero-order valence-corrected chi connectivity index (χ0v) is 16.0. The Morgan fingerprint density at radius 3 is 2.59 bits per heavy atom. The van der Waals surface area contributed by atoms with Crippen LogP contribution in [0.3, 0.4) is 0 Å². The van der Waals surface area contributed by atoms with Gasteiger partial charge < -0.3 is 14.5 Å². The molecule has 1 aromatic carbocycles. The van der Waals surface area contributed by atoms with Gasteiger partial charge in [0.25, 0.3) is 5.91 Å². The van der Waals surface area contributed by atoms with Crippen LogP contribution in [0.5, 0.6) is 5.75 Å². The molecule has 2 heterocycles. The Morgan fingerprint density at radius 2 is 2.00 bits per heavy atom. The highest BCUT2D eigenvalue weighted by atomic mass is 16.5. The number of hydrogen-bond acceptors (Lipinski definition) is 4. The van der Waals surface area contributed by atoms with Gasteiger partial charge in [-0.2, -0.15) is 5.10 Å². The van der Waals surface area contributed by atoms with Crippen molar-refractivity contribution in [3.63, 3.8) is 0 Å². The normalized spacial score (nSPS) is 10.8. The predicted molar refractivity (Wildman–Crippen MR) is 103 cm³/mol. The summed E-state index contributed by atoms with van der Waals surface area (Å²) in [5.74, 6) is 1.39. The number of aryl methyl sites for hydroxylation is 1. The van der Waals surface area contributed by atoms with Crippen molar-refractivity contribution in [2.45, 2.75) is 39.7 Å². The van der Waals surface area contributed by atoms with Gasteiger partial charge in [-0.1, -0.05) is 20.3 Å². The number of nitrogens with zero attached hydrogens (tertiary/aromatic N) is 2. The molecule has 0 spiro atoms. The molecule has 0 aliphatic heterocycles. The molecule has 0 radical (unpaired) electrons. The third-order valence-corrected chi connectivity index (χ3v) is 4.42. The molecule has 0 saturated carbocycles. The molecular weight excluding hydrogens is 342 g/mol. The molecule has 1 amide bonds. The van der Waals surface area contributed by atoms with Crippen molar-refractivity contribution in [3.8, 4) is 11.4 Å². The van der Waals surface area contributed by atoms with Crippen LogP contribution in [0.1, 0.15) is 47.8 Å². The number of benzene rings is 1. The van der Waals surface area contributed by atoms with E-state index in [2.05, 4.69) is 12.2 Å². The van der Waals surface area contributed by atoms with Gasteiger partial charge in [0.15, 0.2) is 0 Å². The zero-order chi connectivity index (χ0) is 19.2. The quantitative estimate of drug-likeness (QED) is 0.655. The minimum Gasteiger partial charge on any atom is -0.497 e. The van der Waals surface area contributed by atoms with E-state index < -0.39 is 0 Å². The monoisotopic (exact) mass is 367 g/mol. The second-order valence-electron chi connectivity index (χ2n) is 6.24. The molecule has 3 aromatic rings. The molecule has 6 heteroatoms. The lowest BCUT2D eigenvalue weighted by Crippen LogP contribution is -2.24. The largest absolute Gasteiger partial charge is 0.497 e. The lowest BCUT2D eigenvalue weighted by molar-refractivity contribution is 0.0946. The van der Waals surface area contributed by atoms with Crippen molar-refractivity contribution in [2.24, 2.45) is 0 Å². The standard InChI is InChI=1S/C21H25N3O3/c1-4-7-18-20(21(25)22-14-17-8-6-13-27-17)19(5-2)24(23-18)15-9-11-16(26-3)12-10-15/h6,8-13H,4-5,7,14H2,1-3H3,(H,22,25). The second-order valence-corrected chi connectivity index (χ2v) is 6.24. The van der Waals surface area contributed by atoms with Gasteiger partial charge >= 0.3 is 0 Å². The van der Waals surface area contributed by atoms with Gasteiger partial charge in [-0.15, -0.1) is 0 Å². The molecular formula is C21H25N3O3. The third kappa shape index (κ3) is 4.05. The van der Waals surface area contributed by atoms with Crippen molar-refractivity contribution in [2.75, 3.05) is 7.11 Å². The summed E-state index contributed by atoms with van der Waals surface area (Å²) in [7, 11) is 1.64. The first-order valence-corrected chi connectivity index (χ1v) is 9.23. The number of rotatable bonds is 8. The van der Waals surface area contributed by atoms with E-state index >= 15 is 0 Å². The molecule has 0 atom stereocenters. The molecule has 3 rings (SSSR count). The molecule has 0 bridgehead atoms.